The minimum atomic E-state index is -2.95. The number of nitrogens with zero attached hydrogens (tertiary/aromatic N) is 1. The van der Waals surface area contributed by atoms with Crippen LogP contribution in [0.2, 0.25) is 0 Å². The van der Waals surface area contributed by atoms with Crippen LogP contribution in [0.15, 0.2) is 36.0 Å². The van der Waals surface area contributed by atoms with E-state index in [2.05, 4.69) is 10.3 Å². The molecule has 0 bridgehead atoms. The summed E-state index contributed by atoms with van der Waals surface area (Å²) in [6.45, 7) is 0. The molecule has 0 spiro atoms. The molecule has 22 heavy (non-hydrogen) atoms. The highest BCUT2D eigenvalue weighted by Gasteiger charge is 2.06. The van der Waals surface area contributed by atoms with E-state index in [1.165, 1.54) is 6.26 Å². The number of thiazole rings is 1. The lowest BCUT2D eigenvalue weighted by atomic mass is 10.1. The zero-order valence-electron chi connectivity index (χ0n) is 12.3. The number of carbonyl (C=O) groups excluding carboxylic acids is 1. The maximum Gasteiger partial charge on any atom is 0.224 e. The van der Waals surface area contributed by atoms with Gasteiger partial charge in [0.2, 0.25) is 5.91 Å². The van der Waals surface area contributed by atoms with Crippen molar-refractivity contribution in [2.75, 3.05) is 17.3 Å². The fraction of sp³-hybridized carbons (Fsp3) is 0.333. The second-order valence-electron chi connectivity index (χ2n) is 5.09. The van der Waals surface area contributed by atoms with Crippen LogP contribution in [0, 0.1) is 0 Å². The van der Waals surface area contributed by atoms with E-state index in [9.17, 15) is 13.2 Å². The molecule has 0 saturated heterocycles. The van der Waals surface area contributed by atoms with E-state index in [-0.39, 0.29) is 11.7 Å². The van der Waals surface area contributed by atoms with Crippen molar-refractivity contribution in [1.29, 1.82) is 0 Å². The third-order valence-electron chi connectivity index (χ3n) is 3.08. The molecule has 7 heteroatoms. The second kappa shape index (κ2) is 7.51. The van der Waals surface area contributed by atoms with Crippen molar-refractivity contribution in [3.05, 3.63) is 46.4 Å². The minimum Gasteiger partial charge on any atom is -0.326 e. The van der Waals surface area contributed by atoms with Gasteiger partial charge in [-0.3, -0.25) is 9.78 Å². The summed E-state index contributed by atoms with van der Waals surface area (Å²) in [5, 5.41) is 2.83. The molecule has 0 aliphatic rings. The smallest absolute Gasteiger partial charge is 0.224 e. The van der Waals surface area contributed by atoms with E-state index < -0.39 is 9.84 Å². The first kappa shape index (κ1) is 16.6. The van der Waals surface area contributed by atoms with Crippen LogP contribution in [0.5, 0.6) is 0 Å². The first-order valence-electron chi connectivity index (χ1n) is 6.86. The lowest BCUT2D eigenvalue weighted by Gasteiger charge is -2.06. The Morgan fingerprint density at radius 3 is 2.55 bits per heavy atom. The van der Waals surface area contributed by atoms with Crippen LogP contribution in [-0.2, 0) is 27.5 Å². The Bertz CT molecular complexity index is 708. The van der Waals surface area contributed by atoms with Crippen LogP contribution < -0.4 is 5.32 Å². The standard InChI is InChI=1S/C15H18N2O3S2/c1-22(19,20)9-8-12-2-4-13(5-3-12)17-15(18)7-6-14-10-16-11-21-14/h2-5,10-11H,6-9H2,1H3,(H,17,18). The fourth-order valence-electron chi connectivity index (χ4n) is 1.88. The summed E-state index contributed by atoms with van der Waals surface area (Å²) in [6.07, 6.45) is 4.58. The Labute approximate surface area is 134 Å². The van der Waals surface area contributed by atoms with E-state index in [1.54, 1.807) is 35.2 Å². The molecule has 0 atom stereocenters. The predicted molar refractivity (Wildman–Crippen MR) is 88.9 cm³/mol. The van der Waals surface area contributed by atoms with Crippen molar-refractivity contribution < 1.29 is 13.2 Å². The van der Waals surface area contributed by atoms with Gasteiger partial charge in [0.25, 0.3) is 0 Å². The quantitative estimate of drug-likeness (QED) is 0.840. The third-order valence-corrected chi connectivity index (χ3v) is 4.87. The Hall–Kier alpha value is -1.73. The molecule has 1 heterocycles. The highest BCUT2D eigenvalue weighted by Crippen LogP contribution is 2.13. The number of rotatable bonds is 7. The molecule has 0 unspecified atom stereocenters. The van der Waals surface area contributed by atoms with E-state index in [1.807, 2.05) is 12.1 Å². The minimum absolute atomic E-state index is 0.0442. The van der Waals surface area contributed by atoms with Gasteiger partial charge in [-0.2, -0.15) is 0 Å². The van der Waals surface area contributed by atoms with Gasteiger partial charge < -0.3 is 5.32 Å². The lowest BCUT2D eigenvalue weighted by Crippen LogP contribution is -2.12. The number of hydrogen-bond acceptors (Lipinski definition) is 5. The van der Waals surface area contributed by atoms with Crippen LogP contribution in [0.1, 0.15) is 16.9 Å². The molecule has 1 N–H and O–H groups in total. The molecule has 118 valence electrons. The highest BCUT2D eigenvalue weighted by molar-refractivity contribution is 7.90. The Kier molecular flexibility index (Phi) is 5.68. The number of amides is 1. The molecule has 2 rings (SSSR count). The Morgan fingerprint density at radius 1 is 1.23 bits per heavy atom. The number of aryl methyl sites for hydroxylation is 2. The molecule has 0 fully saturated rings. The van der Waals surface area contributed by atoms with Gasteiger partial charge in [-0.1, -0.05) is 12.1 Å². The highest BCUT2D eigenvalue weighted by atomic mass is 32.2. The average Bonchev–Trinajstić information content (AvgIpc) is 2.97. The number of benzene rings is 1. The van der Waals surface area contributed by atoms with Crippen LogP contribution >= 0.6 is 11.3 Å². The summed E-state index contributed by atoms with van der Waals surface area (Å²) in [7, 11) is -2.95. The summed E-state index contributed by atoms with van der Waals surface area (Å²) < 4.78 is 22.3. The second-order valence-corrected chi connectivity index (χ2v) is 8.32. The molecule has 0 saturated carbocycles. The fourth-order valence-corrected chi connectivity index (χ4v) is 3.09. The number of aromatic nitrogens is 1. The molecular weight excluding hydrogens is 320 g/mol. The van der Waals surface area contributed by atoms with Crippen LogP contribution in [-0.4, -0.2) is 31.3 Å². The number of nitrogens with one attached hydrogen (secondary N) is 1. The summed E-state index contributed by atoms with van der Waals surface area (Å²) in [6, 6.07) is 7.26. The molecule has 1 amide bonds. The Morgan fingerprint density at radius 2 is 1.95 bits per heavy atom. The summed E-state index contributed by atoms with van der Waals surface area (Å²) >= 11 is 1.54. The van der Waals surface area contributed by atoms with Crippen LogP contribution in [0.3, 0.4) is 0 Å². The van der Waals surface area contributed by atoms with Crippen molar-refractivity contribution in [2.45, 2.75) is 19.3 Å². The Balaban J connectivity index is 1.81. The number of anilines is 1. The zero-order chi connectivity index (χ0) is 16.0. The maximum absolute atomic E-state index is 11.8. The maximum atomic E-state index is 11.8. The van der Waals surface area contributed by atoms with Gasteiger partial charge in [-0.05, 0) is 30.5 Å². The summed E-state index contributed by atoms with van der Waals surface area (Å²) in [5.74, 6) is 0.0883. The van der Waals surface area contributed by atoms with Gasteiger partial charge in [0.05, 0.1) is 11.3 Å². The summed E-state index contributed by atoms with van der Waals surface area (Å²) in [5.41, 5.74) is 3.41. The van der Waals surface area contributed by atoms with Crippen molar-refractivity contribution >= 4 is 32.8 Å². The molecule has 0 radical (unpaired) electrons. The molecular formula is C15H18N2O3S2. The summed E-state index contributed by atoms with van der Waals surface area (Å²) in [4.78, 5) is 16.9. The number of hydrogen-bond donors (Lipinski definition) is 1. The first-order valence-corrected chi connectivity index (χ1v) is 9.80. The molecule has 1 aromatic heterocycles. The normalized spacial score (nSPS) is 11.3. The predicted octanol–water partition coefficient (Wildman–Crippen LogP) is 2.30. The largest absolute Gasteiger partial charge is 0.326 e. The van der Waals surface area contributed by atoms with Crippen molar-refractivity contribution in [3.8, 4) is 0 Å². The van der Waals surface area contributed by atoms with E-state index in [0.29, 0.717) is 19.3 Å². The number of sulfone groups is 1. The van der Waals surface area contributed by atoms with Crippen molar-refractivity contribution in [1.82, 2.24) is 4.98 Å². The van der Waals surface area contributed by atoms with Crippen molar-refractivity contribution in [3.63, 3.8) is 0 Å². The van der Waals surface area contributed by atoms with Gasteiger partial charge in [-0.15, -0.1) is 11.3 Å². The molecule has 5 nitrogen and oxygen atoms in total. The first-order chi connectivity index (χ1) is 10.4. The van der Waals surface area contributed by atoms with Gasteiger partial charge >= 0.3 is 0 Å². The van der Waals surface area contributed by atoms with E-state index >= 15 is 0 Å². The third kappa shape index (κ3) is 5.95. The topological polar surface area (TPSA) is 76.1 Å². The van der Waals surface area contributed by atoms with Crippen LogP contribution in [0.4, 0.5) is 5.69 Å². The molecule has 0 aliphatic heterocycles. The zero-order valence-corrected chi connectivity index (χ0v) is 13.9. The van der Waals surface area contributed by atoms with Gasteiger partial charge in [0.15, 0.2) is 0 Å². The molecule has 0 aliphatic carbocycles. The van der Waals surface area contributed by atoms with Crippen molar-refractivity contribution in [2.24, 2.45) is 0 Å². The SMILES string of the molecule is CS(=O)(=O)CCc1ccc(NC(=O)CCc2cncs2)cc1. The number of carbonyl (C=O) groups is 1. The van der Waals surface area contributed by atoms with Gasteiger partial charge in [-0.25, -0.2) is 8.42 Å². The average molecular weight is 338 g/mol. The van der Waals surface area contributed by atoms with Crippen LogP contribution in [0.25, 0.3) is 0 Å². The van der Waals surface area contributed by atoms with E-state index in [4.69, 9.17) is 0 Å². The lowest BCUT2D eigenvalue weighted by molar-refractivity contribution is -0.116. The van der Waals surface area contributed by atoms with Gasteiger partial charge in [0, 0.05) is 29.4 Å². The monoisotopic (exact) mass is 338 g/mol. The van der Waals surface area contributed by atoms with E-state index in [0.717, 1.165) is 16.1 Å². The van der Waals surface area contributed by atoms with Gasteiger partial charge in [0.1, 0.15) is 9.84 Å². The molecule has 1 aromatic carbocycles. The molecule has 2 aromatic rings.